The molecule has 5 heteroatoms. The third-order valence-electron chi connectivity index (χ3n) is 1.92. The molecule has 1 N–H and O–H groups in total. The van der Waals surface area contributed by atoms with Crippen LogP contribution in [0.25, 0.3) is 0 Å². The first-order valence-electron chi connectivity index (χ1n) is 3.80. The average molecular weight is 177 g/mol. The van der Waals surface area contributed by atoms with Crippen LogP contribution in [0.5, 0.6) is 0 Å². The number of anilines is 1. The number of benzene rings is 1. The largest absolute Gasteiger partial charge is 0.695 e. The minimum Gasteiger partial charge on any atom is -0.695 e. The number of nitrogens with one attached hydrogen (secondary N) is 1. The minimum absolute atomic E-state index is 0.356. The van der Waals surface area contributed by atoms with E-state index in [2.05, 4.69) is 10.6 Å². The van der Waals surface area contributed by atoms with Crippen molar-refractivity contribution in [3.63, 3.8) is 0 Å². The molecule has 0 saturated heterocycles. The van der Waals surface area contributed by atoms with E-state index in [-0.39, 0.29) is 0 Å². The standard InChI is InChI=1S/C8H7N3O2/c12-5-8-6-3-1-2-4-7(6)9-10-11(8)13/h1-5,8-9H. The molecule has 5 nitrogen and oxygen atoms in total. The quantitative estimate of drug-likeness (QED) is 0.398. The molecule has 1 atom stereocenters. The number of para-hydroxylation sites is 1. The van der Waals surface area contributed by atoms with Gasteiger partial charge in [-0.2, -0.15) is 4.86 Å². The summed E-state index contributed by atoms with van der Waals surface area (Å²) < 4.78 is 0. The molecule has 1 aromatic carbocycles. The Morgan fingerprint density at radius 1 is 1.54 bits per heavy atom. The Balaban J connectivity index is 2.52. The fourth-order valence-electron chi connectivity index (χ4n) is 1.27. The van der Waals surface area contributed by atoms with E-state index in [1.165, 1.54) is 0 Å². The smallest absolute Gasteiger partial charge is 0.205 e. The van der Waals surface area contributed by atoms with Crippen LogP contribution in [-0.2, 0) is 4.79 Å². The van der Waals surface area contributed by atoms with Gasteiger partial charge in [-0.3, -0.25) is 4.79 Å². The molecule has 0 saturated carbocycles. The van der Waals surface area contributed by atoms with Crippen LogP contribution in [0.3, 0.4) is 0 Å². The lowest BCUT2D eigenvalue weighted by atomic mass is 10.1. The van der Waals surface area contributed by atoms with Gasteiger partial charge in [0, 0.05) is 0 Å². The first kappa shape index (κ1) is 7.72. The molecule has 1 aromatic rings. The molecule has 0 aromatic heterocycles. The van der Waals surface area contributed by atoms with Crippen LogP contribution >= 0.6 is 0 Å². The summed E-state index contributed by atoms with van der Waals surface area (Å²) in [6.45, 7) is 0. The molecule has 1 aliphatic rings. The SMILES string of the molecule is O=CC1c2ccccc2NN=[N+]1[O-]. The van der Waals surface area contributed by atoms with Gasteiger partial charge < -0.3 is 5.21 Å². The van der Waals surface area contributed by atoms with Gasteiger partial charge in [0.15, 0.2) is 12.0 Å². The highest BCUT2D eigenvalue weighted by atomic mass is 16.5. The Morgan fingerprint density at radius 2 is 2.31 bits per heavy atom. The molecular weight excluding hydrogens is 170 g/mol. The lowest BCUT2D eigenvalue weighted by molar-refractivity contribution is -0.559. The van der Waals surface area contributed by atoms with Gasteiger partial charge in [-0.15, -0.1) is 5.43 Å². The third kappa shape index (κ3) is 1.14. The minimum atomic E-state index is -0.822. The van der Waals surface area contributed by atoms with Gasteiger partial charge in [-0.05, 0) is 12.1 Å². The third-order valence-corrected chi connectivity index (χ3v) is 1.92. The van der Waals surface area contributed by atoms with Crippen molar-refractivity contribution < 1.29 is 9.66 Å². The highest BCUT2D eigenvalue weighted by molar-refractivity contribution is 5.66. The summed E-state index contributed by atoms with van der Waals surface area (Å²) in [5, 5.41) is 14.5. The summed E-state index contributed by atoms with van der Waals surface area (Å²) in [4.78, 5) is 11.0. The van der Waals surface area contributed by atoms with Crippen LogP contribution in [0.15, 0.2) is 29.5 Å². The van der Waals surface area contributed by atoms with Crippen LogP contribution in [-0.4, -0.2) is 11.1 Å². The fourth-order valence-corrected chi connectivity index (χ4v) is 1.27. The summed E-state index contributed by atoms with van der Waals surface area (Å²) in [7, 11) is 0. The van der Waals surface area contributed by atoms with Gasteiger partial charge >= 0.3 is 0 Å². The van der Waals surface area contributed by atoms with Gasteiger partial charge in [0.05, 0.1) is 10.8 Å². The maximum atomic E-state index is 11.0. The van der Waals surface area contributed by atoms with E-state index in [1.54, 1.807) is 18.2 Å². The average Bonchev–Trinajstić information content (AvgIpc) is 2.18. The Hall–Kier alpha value is -1.91. The van der Waals surface area contributed by atoms with Crippen molar-refractivity contribution >= 4 is 12.0 Å². The predicted molar refractivity (Wildman–Crippen MR) is 44.9 cm³/mol. The maximum absolute atomic E-state index is 11.0. The lowest BCUT2D eigenvalue weighted by Crippen LogP contribution is -2.20. The summed E-state index contributed by atoms with van der Waals surface area (Å²) in [6, 6.07) is 6.25. The zero-order valence-corrected chi connectivity index (χ0v) is 6.68. The van der Waals surface area contributed by atoms with Crippen molar-refractivity contribution in [1.29, 1.82) is 0 Å². The van der Waals surface area contributed by atoms with Crippen molar-refractivity contribution in [1.82, 2.24) is 0 Å². The van der Waals surface area contributed by atoms with Crippen molar-refractivity contribution in [3.05, 3.63) is 35.0 Å². The number of hydrogen-bond donors (Lipinski definition) is 1. The topological polar surface area (TPSA) is 67.5 Å². The second-order valence-corrected chi connectivity index (χ2v) is 2.68. The summed E-state index contributed by atoms with van der Waals surface area (Å²) >= 11 is 0. The number of fused-ring (bicyclic) bond motifs is 1. The first-order valence-corrected chi connectivity index (χ1v) is 3.80. The summed E-state index contributed by atoms with van der Waals surface area (Å²) in [5.74, 6) is 0. The van der Waals surface area contributed by atoms with Crippen LogP contribution in [0.2, 0.25) is 0 Å². The number of carbonyl (C=O) groups is 1. The van der Waals surface area contributed by atoms with Crippen LogP contribution < -0.4 is 5.43 Å². The predicted octanol–water partition coefficient (Wildman–Crippen LogP) is 1.23. The highest BCUT2D eigenvalue weighted by Crippen LogP contribution is 2.27. The molecular formula is C8H7N3O2. The molecule has 0 amide bonds. The van der Waals surface area contributed by atoms with E-state index in [1.807, 2.05) is 6.07 Å². The van der Waals surface area contributed by atoms with E-state index >= 15 is 0 Å². The van der Waals surface area contributed by atoms with Crippen molar-refractivity contribution in [2.75, 3.05) is 5.43 Å². The summed E-state index contributed by atoms with van der Waals surface area (Å²) in [6.07, 6.45) is 0.580. The molecule has 13 heavy (non-hydrogen) atoms. The molecule has 0 fully saturated rings. The highest BCUT2D eigenvalue weighted by Gasteiger charge is 2.24. The lowest BCUT2D eigenvalue weighted by Gasteiger charge is -2.18. The van der Waals surface area contributed by atoms with Gasteiger partial charge in [0.25, 0.3) is 0 Å². The van der Waals surface area contributed by atoms with E-state index in [9.17, 15) is 10.0 Å². The second-order valence-electron chi connectivity index (χ2n) is 2.68. The molecule has 0 spiro atoms. The van der Waals surface area contributed by atoms with Gasteiger partial charge in [0.1, 0.15) is 0 Å². The van der Waals surface area contributed by atoms with Gasteiger partial charge in [0.2, 0.25) is 6.04 Å². The zero-order valence-electron chi connectivity index (χ0n) is 6.68. The Bertz CT molecular complexity index is 375. The van der Waals surface area contributed by atoms with E-state index in [4.69, 9.17) is 0 Å². The molecule has 1 aliphatic heterocycles. The number of rotatable bonds is 1. The van der Waals surface area contributed by atoms with Crippen molar-refractivity contribution in [2.24, 2.45) is 5.22 Å². The van der Waals surface area contributed by atoms with E-state index in [0.29, 0.717) is 22.4 Å². The van der Waals surface area contributed by atoms with E-state index in [0.717, 1.165) is 0 Å². The number of nitrogens with zero attached hydrogens (tertiary/aromatic N) is 2. The van der Waals surface area contributed by atoms with Gasteiger partial charge in [-0.1, -0.05) is 12.1 Å². The molecule has 0 bridgehead atoms. The summed E-state index contributed by atoms with van der Waals surface area (Å²) in [5.41, 5.74) is 3.91. The molecule has 66 valence electrons. The Labute approximate surface area is 74.2 Å². The molecule has 0 radical (unpaired) electrons. The van der Waals surface area contributed by atoms with Crippen LogP contribution in [0.4, 0.5) is 5.69 Å². The van der Waals surface area contributed by atoms with E-state index < -0.39 is 6.04 Å². The van der Waals surface area contributed by atoms with Crippen molar-refractivity contribution in [3.8, 4) is 0 Å². The molecule has 1 unspecified atom stereocenters. The number of aldehydes is 1. The number of carbonyl (C=O) groups excluding carboxylic acids is 1. The molecule has 1 heterocycles. The fraction of sp³-hybridized carbons (Fsp3) is 0.125. The van der Waals surface area contributed by atoms with Crippen molar-refractivity contribution in [2.45, 2.75) is 6.04 Å². The normalized spacial score (nSPS) is 19.7. The first-order chi connectivity index (χ1) is 6.33. The number of hydrogen-bond acceptors (Lipinski definition) is 4. The second kappa shape index (κ2) is 2.85. The Morgan fingerprint density at radius 3 is 3.08 bits per heavy atom. The Kier molecular flexibility index (Phi) is 1.70. The zero-order chi connectivity index (χ0) is 9.26. The van der Waals surface area contributed by atoms with Gasteiger partial charge in [-0.25, -0.2) is 0 Å². The number of hydroxylamine groups is 1. The van der Waals surface area contributed by atoms with Crippen LogP contribution in [0, 0.1) is 5.21 Å². The monoisotopic (exact) mass is 177 g/mol. The maximum Gasteiger partial charge on any atom is 0.205 e. The van der Waals surface area contributed by atoms with Crippen LogP contribution in [0.1, 0.15) is 11.6 Å². The molecule has 2 rings (SSSR count). The molecule has 0 aliphatic carbocycles.